The van der Waals surface area contributed by atoms with Gasteiger partial charge >= 0.3 is 0 Å². The SMILES string of the molecule is Cl.N[C@H](c1ccc(O)cc1F)C1CCCC1. The maximum absolute atomic E-state index is 13.5. The fourth-order valence-corrected chi connectivity index (χ4v) is 2.36. The Hall–Kier alpha value is -0.800. The standard InChI is InChI=1S/C12H16FNO.ClH/c13-11-7-9(15)5-6-10(11)12(14)8-3-1-2-4-8;/h5-8,12,15H,1-4,14H2;1H/t12-;/m0./s1. The average molecular weight is 246 g/mol. The topological polar surface area (TPSA) is 46.2 Å². The van der Waals surface area contributed by atoms with Crippen molar-refractivity contribution in [3.63, 3.8) is 0 Å². The van der Waals surface area contributed by atoms with Gasteiger partial charge in [0.25, 0.3) is 0 Å². The van der Waals surface area contributed by atoms with Crippen LogP contribution in [0.1, 0.15) is 37.3 Å². The monoisotopic (exact) mass is 245 g/mol. The number of phenols is 1. The molecule has 0 heterocycles. The quantitative estimate of drug-likeness (QED) is 0.841. The molecule has 1 atom stereocenters. The molecule has 2 rings (SSSR count). The first-order chi connectivity index (χ1) is 7.18. The molecule has 0 saturated heterocycles. The van der Waals surface area contributed by atoms with Gasteiger partial charge in [-0.05, 0) is 24.8 Å². The predicted molar refractivity (Wildman–Crippen MR) is 64.2 cm³/mol. The van der Waals surface area contributed by atoms with E-state index in [-0.39, 0.29) is 24.2 Å². The first-order valence-electron chi connectivity index (χ1n) is 5.42. The van der Waals surface area contributed by atoms with Crippen LogP contribution < -0.4 is 5.73 Å². The van der Waals surface area contributed by atoms with Crippen LogP contribution in [0.15, 0.2) is 18.2 Å². The second kappa shape index (κ2) is 5.51. The Morgan fingerprint density at radius 3 is 2.50 bits per heavy atom. The second-order valence-electron chi connectivity index (χ2n) is 4.28. The van der Waals surface area contributed by atoms with E-state index in [0.29, 0.717) is 11.5 Å². The van der Waals surface area contributed by atoms with Gasteiger partial charge in [-0.15, -0.1) is 12.4 Å². The molecule has 90 valence electrons. The lowest BCUT2D eigenvalue weighted by Gasteiger charge is -2.19. The van der Waals surface area contributed by atoms with Gasteiger partial charge in [0.2, 0.25) is 0 Å². The van der Waals surface area contributed by atoms with Crippen LogP contribution in [-0.2, 0) is 0 Å². The van der Waals surface area contributed by atoms with Gasteiger partial charge in [-0.1, -0.05) is 18.9 Å². The third-order valence-electron chi connectivity index (χ3n) is 3.25. The second-order valence-corrected chi connectivity index (χ2v) is 4.28. The van der Waals surface area contributed by atoms with Gasteiger partial charge in [-0.3, -0.25) is 0 Å². The molecule has 0 unspecified atom stereocenters. The highest BCUT2D eigenvalue weighted by atomic mass is 35.5. The van der Waals surface area contributed by atoms with Gasteiger partial charge in [-0.25, -0.2) is 4.39 Å². The van der Waals surface area contributed by atoms with Crippen molar-refractivity contribution in [2.45, 2.75) is 31.7 Å². The minimum atomic E-state index is -0.394. The van der Waals surface area contributed by atoms with Gasteiger partial charge in [0.1, 0.15) is 11.6 Å². The average Bonchev–Trinajstić information content (AvgIpc) is 2.69. The Bertz CT molecular complexity index is 353. The van der Waals surface area contributed by atoms with Crippen LogP contribution in [0.25, 0.3) is 0 Å². The van der Waals surface area contributed by atoms with E-state index < -0.39 is 5.82 Å². The molecule has 0 aromatic heterocycles. The summed E-state index contributed by atoms with van der Waals surface area (Å²) in [6.07, 6.45) is 4.55. The third kappa shape index (κ3) is 2.66. The first kappa shape index (κ1) is 13.3. The molecule has 0 spiro atoms. The summed E-state index contributed by atoms with van der Waals surface area (Å²) in [6, 6.07) is 3.98. The van der Waals surface area contributed by atoms with Gasteiger partial charge in [0.05, 0.1) is 0 Å². The number of aromatic hydroxyl groups is 1. The highest BCUT2D eigenvalue weighted by molar-refractivity contribution is 5.85. The largest absolute Gasteiger partial charge is 0.508 e. The Morgan fingerprint density at radius 2 is 1.94 bits per heavy atom. The fourth-order valence-electron chi connectivity index (χ4n) is 2.36. The van der Waals surface area contributed by atoms with E-state index in [4.69, 9.17) is 10.8 Å². The number of halogens is 2. The summed E-state index contributed by atoms with van der Waals surface area (Å²) in [5.41, 5.74) is 6.56. The van der Waals surface area contributed by atoms with E-state index in [2.05, 4.69) is 0 Å². The van der Waals surface area contributed by atoms with Crippen molar-refractivity contribution in [3.8, 4) is 5.75 Å². The van der Waals surface area contributed by atoms with E-state index in [1.165, 1.54) is 18.9 Å². The summed E-state index contributed by atoms with van der Waals surface area (Å²) in [6.45, 7) is 0. The first-order valence-corrected chi connectivity index (χ1v) is 5.42. The van der Waals surface area contributed by atoms with Gasteiger partial charge in [0.15, 0.2) is 0 Å². The molecule has 4 heteroatoms. The predicted octanol–water partition coefficient (Wildman–Crippen LogP) is 3.14. The lowest BCUT2D eigenvalue weighted by molar-refractivity contribution is 0.424. The van der Waals surface area contributed by atoms with Gasteiger partial charge in [0, 0.05) is 17.7 Å². The van der Waals surface area contributed by atoms with Crippen molar-refractivity contribution in [2.24, 2.45) is 11.7 Å². The Kier molecular flexibility index (Phi) is 4.56. The van der Waals surface area contributed by atoms with Crippen molar-refractivity contribution in [1.82, 2.24) is 0 Å². The zero-order chi connectivity index (χ0) is 10.8. The summed E-state index contributed by atoms with van der Waals surface area (Å²) in [7, 11) is 0. The van der Waals surface area contributed by atoms with Crippen molar-refractivity contribution >= 4 is 12.4 Å². The molecule has 1 aliphatic rings. The number of hydrogen-bond acceptors (Lipinski definition) is 2. The fraction of sp³-hybridized carbons (Fsp3) is 0.500. The molecular formula is C12H17ClFNO. The Balaban J connectivity index is 0.00000128. The number of hydrogen-bond donors (Lipinski definition) is 2. The van der Waals surface area contributed by atoms with Gasteiger partial charge in [-0.2, -0.15) is 0 Å². The van der Waals surface area contributed by atoms with Crippen LogP contribution in [0.3, 0.4) is 0 Å². The molecule has 0 aliphatic heterocycles. The zero-order valence-electron chi connectivity index (χ0n) is 9.03. The van der Waals surface area contributed by atoms with Crippen molar-refractivity contribution < 1.29 is 9.50 Å². The third-order valence-corrected chi connectivity index (χ3v) is 3.25. The lowest BCUT2D eigenvalue weighted by Crippen LogP contribution is -2.20. The van der Waals surface area contributed by atoms with Crippen LogP contribution in [0, 0.1) is 11.7 Å². The molecule has 0 radical (unpaired) electrons. The molecule has 0 amide bonds. The maximum atomic E-state index is 13.5. The minimum Gasteiger partial charge on any atom is -0.508 e. The van der Waals surface area contributed by atoms with Gasteiger partial charge < -0.3 is 10.8 Å². The zero-order valence-corrected chi connectivity index (χ0v) is 9.84. The molecule has 1 aromatic rings. The number of nitrogens with two attached hydrogens (primary N) is 1. The Morgan fingerprint density at radius 1 is 1.31 bits per heavy atom. The summed E-state index contributed by atoms with van der Waals surface area (Å²) >= 11 is 0. The van der Waals surface area contributed by atoms with Crippen molar-refractivity contribution in [3.05, 3.63) is 29.6 Å². The van der Waals surface area contributed by atoms with Crippen LogP contribution in [-0.4, -0.2) is 5.11 Å². The van der Waals surface area contributed by atoms with Crippen LogP contribution in [0.4, 0.5) is 4.39 Å². The molecule has 1 aliphatic carbocycles. The van der Waals surface area contributed by atoms with E-state index >= 15 is 0 Å². The lowest BCUT2D eigenvalue weighted by atomic mass is 9.92. The molecule has 2 nitrogen and oxygen atoms in total. The summed E-state index contributed by atoms with van der Waals surface area (Å²) < 4.78 is 13.5. The highest BCUT2D eigenvalue weighted by Crippen LogP contribution is 2.35. The smallest absolute Gasteiger partial charge is 0.131 e. The van der Waals surface area contributed by atoms with E-state index in [1.54, 1.807) is 6.07 Å². The summed E-state index contributed by atoms with van der Waals surface area (Å²) in [5.74, 6) is -0.0479. The summed E-state index contributed by atoms with van der Waals surface area (Å²) in [4.78, 5) is 0. The Labute approximate surface area is 101 Å². The number of rotatable bonds is 2. The molecule has 0 bridgehead atoms. The van der Waals surface area contributed by atoms with Crippen LogP contribution in [0.5, 0.6) is 5.75 Å². The minimum absolute atomic E-state index is 0. The van der Waals surface area contributed by atoms with E-state index in [9.17, 15) is 4.39 Å². The van der Waals surface area contributed by atoms with E-state index in [1.807, 2.05) is 0 Å². The molecular weight excluding hydrogens is 229 g/mol. The maximum Gasteiger partial charge on any atom is 0.131 e. The normalized spacial score (nSPS) is 18.1. The number of benzene rings is 1. The molecule has 1 saturated carbocycles. The van der Waals surface area contributed by atoms with E-state index in [0.717, 1.165) is 18.9 Å². The van der Waals surface area contributed by atoms with Crippen molar-refractivity contribution in [2.75, 3.05) is 0 Å². The molecule has 3 N–H and O–H groups in total. The highest BCUT2D eigenvalue weighted by Gasteiger charge is 2.25. The van der Waals surface area contributed by atoms with Crippen LogP contribution in [0.2, 0.25) is 0 Å². The van der Waals surface area contributed by atoms with Crippen LogP contribution >= 0.6 is 12.4 Å². The molecule has 1 fully saturated rings. The molecule has 1 aromatic carbocycles. The molecule has 16 heavy (non-hydrogen) atoms. The summed E-state index contributed by atoms with van der Waals surface area (Å²) in [5, 5.41) is 9.10. The van der Waals surface area contributed by atoms with Crippen molar-refractivity contribution in [1.29, 1.82) is 0 Å². The number of phenolic OH excluding ortho intramolecular Hbond substituents is 1.